The standard InChI is InChI=1S/C24H16BrCl2NO5/c1-13(29)28(24(32)19-10-16(26)11-20(25)23(19)33-14(2)30)17-8-9-21(27)18(12-17)22(31)15-6-4-3-5-7-15/h3-12H,1-2H3. The predicted octanol–water partition coefficient (Wildman–Crippen LogP) is 6.11. The van der Waals surface area contributed by atoms with Crippen molar-refractivity contribution in [3.8, 4) is 5.75 Å². The SMILES string of the molecule is CC(=O)Oc1c(Br)cc(Cl)cc1C(=O)N(C(C)=O)c1ccc(Cl)c(C(=O)c2ccccc2)c1. The van der Waals surface area contributed by atoms with Gasteiger partial charge in [0.15, 0.2) is 11.5 Å². The zero-order chi connectivity index (χ0) is 24.3. The summed E-state index contributed by atoms with van der Waals surface area (Å²) < 4.78 is 5.44. The summed E-state index contributed by atoms with van der Waals surface area (Å²) in [6.07, 6.45) is 0. The fourth-order valence-corrected chi connectivity index (χ4v) is 4.20. The summed E-state index contributed by atoms with van der Waals surface area (Å²) in [6, 6.07) is 15.4. The molecule has 0 saturated carbocycles. The van der Waals surface area contributed by atoms with E-state index >= 15 is 0 Å². The number of amides is 2. The highest BCUT2D eigenvalue weighted by atomic mass is 79.9. The summed E-state index contributed by atoms with van der Waals surface area (Å²) >= 11 is 15.6. The molecule has 0 radical (unpaired) electrons. The molecule has 0 spiro atoms. The van der Waals surface area contributed by atoms with Crippen molar-refractivity contribution in [1.29, 1.82) is 0 Å². The zero-order valence-corrected chi connectivity index (χ0v) is 20.5. The Bertz CT molecular complexity index is 1280. The maximum absolute atomic E-state index is 13.4. The fourth-order valence-electron chi connectivity index (χ4n) is 3.10. The van der Waals surface area contributed by atoms with Crippen LogP contribution in [0.2, 0.25) is 10.0 Å². The monoisotopic (exact) mass is 547 g/mol. The van der Waals surface area contributed by atoms with Gasteiger partial charge in [0, 0.05) is 30.0 Å². The Morgan fingerprint density at radius 1 is 0.879 bits per heavy atom. The van der Waals surface area contributed by atoms with Crippen molar-refractivity contribution in [3.05, 3.63) is 91.9 Å². The molecule has 0 unspecified atom stereocenters. The van der Waals surface area contributed by atoms with Gasteiger partial charge in [0.05, 0.1) is 20.7 Å². The minimum absolute atomic E-state index is 0.0855. The molecule has 0 aliphatic heterocycles. The largest absolute Gasteiger partial charge is 0.425 e. The molecule has 0 bridgehead atoms. The lowest BCUT2D eigenvalue weighted by molar-refractivity contribution is -0.131. The first-order valence-corrected chi connectivity index (χ1v) is 11.1. The van der Waals surface area contributed by atoms with Crippen LogP contribution in [0.25, 0.3) is 0 Å². The van der Waals surface area contributed by atoms with Gasteiger partial charge in [0.1, 0.15) is 0 Å². The van der Waals surface area contributed by atoms with Crippen LogP contribution in [0, 0.1) is 0 Å². The van der Waals surface area contributed by atoms with Crippen molar-refractivity contribution in [2.24, 2.45) is 0 Å². The van der Waals surface area contributed by atoms with Gasteiger partial charge in [0.2, 0.25) is 5.91 Å². The molecule has 0 atom stereocenters. The molecule has 0 saturated heterocycles. The van der Waals surface area contributed by atoms with Crippen LogP contribution in [0.15, 0.2) is 65.1 Å². The van der Waals surface area contributed by atoms with Crippen LogP contribution in [0.1, 0.15) is 40.1 Å². The molecule has 6 nitrogen and oxygen atoms in total. The maximum Gasteiger partial charge on any atom is 0.308 e. The molecule has 0 heterocycles. The van der Waals surface area contributed by atoms with Crippen LogP contribution in [-0.2, 0) is 9.59 Å². The average Bonchev–Trinajstić information content (AvgIpc) is 2.76. The number of carbonyl (C=O) groups excluding carboxylic acids is 4. The Balaban J connectivity index is 2.12. The van der Waals surface area contributed by atoms with Gasteiger partial charge in [-0.3, -0.25) is 19.2 Å². The molecular weight excluding hydrogens is 533 g/mol. The van der Waals surface area contributed by atoms with E-state index in [2.05, 4.69) is 15.9 Å². The molecule has 0 aliphatic rings. The average molecular weight is 549 g/mol. The zero-order valence-electron chi connectivity index (χ0n) is 17.4. The predicted molar refractivity (Wildman–Crippen MR) is 129 cm³/mol. The number of rotatable bonds is 5. The van der Waals surface area contributed by atoms with E-state index < -0.39 is 17.8 Å². The summed E-state index contributed by atoms with van der Waals surface area (Å²) in [4.78, 5) is 51.4. The molecule has 0 fully saturated rings. The van der Waals surface area contributed by atoms with Crippen molar-refractivity contribution in [2.75, 3.05) is 4.90 Å². The Hall–Kier alpha value is -3.00. The van der Waals surface area contributed by atoms with Crippen molar-refractivity contribution in [1.82, 2.24) is 0 Å². The third kappa shape index (κ3) is 5.50. The van der Waals surface area contributed by atoms with Gasteiger partial charge in [0.25, 0.3) is 5.91 Å². The van der Waals surface area contributed by atoms with Crippen molar-refractivity contribution >= 4 is 68.4 Å². The number of anilines is 1. The minimum atomic E-state index is -0.803. The number of hydrogen-bond acceptors (Lipinski definition) is 5. The smallest absolute Gasteiger partial charge is 0.308 e. The highest BCUT2D eigenvalue weighted by molar-refractivity contribution is 9.10. The lowest BCUT2D eigenvalue weighted by Crippen LogP contribution is -2.35. The number of hydrogen-bond donors (Lipinski definition) is 0. The van der Waals surface area contributed by atoms with Crippen LogP contribution < -0.4 is 9.64 Å². The number of benzene rings is 3. The van der Waals surface area contributed by atoms with E-state index in [1.54, 1.807) is 30.3 Å². The van der Waals surface area contributed by atoms with Gasteiger partial charge in [-0.25, -0.2) is 4.90 Å². The molecular formula is C24H16BrCl2NO5. The van der Waals surface area contributed by atoms with Gasteiger partial charge < -0.3 is 4.74 Å². The quantitative estimate of drug-likeness (QED) is 0.218. The number of imide groups is 1. The van der Waals surface area contributed by atoms with E-state index in [0.717, 1.165) is 4.90 Å². The number of ketones is 1. The third-order valence-corrected chi connectivity index (χ3v) is 5.63. The van der Waals surface area contributed by atoms with Crippen LogP contribution in [0.5, 0.6) is 5.75 Å². The van der Waals surface area contributed by atoms with Crippen LogP contribution >= 0.6 is 39.1 Å². The molecule has 3 rings (SSSR count). The third-order valence-electron chi connectivity index (χ3n) is 4.49. The molecule has 9 heteroatoms. The Morgan fingerprint density at radius 2 is 1.55 bits per heavy atom. The molecule has 33 heavy (non-hydrogen) atoms. The van der Waals surface area contributed by atoms with E-state index in [1.165, 1.54) is 44.2 Å². The van der Waals surface area contributed by atoms with Crippen molar-refractivity contribution in [3.63, 3.8) is 0 Å². The second-order valence-corrected chi connectivity index (χ2v) is 8.57. The fraction of sp³-hybridized carbons (Fsp3) is 0.0833. The van der Waals surface area contributed by atoms with Gasteiger partial charge >= 0.3 is 5.97 Å². The van der Waals surface area contributed by atoms with Gasteiger partial charge in [-0.2, -0.15) is 0 Å². The Labute approximate surface area is 208 Å². The minimum Gasteiger partial charge on any atom is -0.425 e. The van der Waals surface area contributed by atoms with E-state index in [-0.39, 0.29) is 42.9 Å². The van der Waals surface area contributed by atoms with Gasteiger partial charge in [-0.05, 0) is 46.3 Å². The molecule has 168 valence electrons. The van der Waals surface area contributed by atoms with Crippen LogP contribution in [0.3, 0.4) is 0 Å². The number of nitrogens with zero attached hydrogens (tertiary/aromatic N) is 1. The van der Waals surface area contributed by atoms with E-state index in [9.17, 15) is 19.2 Å². The summed E-state index contributed by atoms with van der Waals surface area (Å²) in [5.74, 6) is -2.56. The normalized spacial score (nSPS) is 10.5. The Morgan fingerprint density at radius 3 is 2.15 bits per heavy atom. The summed E-state index contributed by atoms with van der Waals surface area (Å²) in [5, 5.41) is 0.343. The summed E-state index contributed by atoms with van der Waals surface area (Å²) in [6.45, 7) is 2.37. The number of carbonyl (C=O) groups is 4. The second kappa shape index (κ2) is 10.3. The van der Waals surface area contributed by atoms with Crippen LogP contribution in [0.4, 0.5) is 5.69 Å². The van der Waals surface area contributed by atoms with E-state index in [0.29, 0.717) is 5.56 Å². The molecule has 3 aromatic carbocycles. The highest BCUT2D eigenvalue weighted by Gasteiger charge is 2.28. The lowest BCUT2D eigenvalue weighted by Gasteiger charge is -2.22. The number of esters is 1. The number of ether oxygens (including phenoxy) is 1. The van der Waals surface area contributed by atoms with Gasteiger partial charge in [-0.15, -0.1) is 0 Å². The lowest BCUT2D eigenvalue weighted by atomic mass is 10.0. The topological polar surface area (TPSA) is 80.8 Å². The first-order chi connectivity index (χ1) is 15.6. The molecule has 2 amide bonds. The highest BCUT2D eigenvalue weighted by Crippen LogP contribution is 2.35. The molecule has 0 aliphatic carbocycles. The molecule has 0 N–H and O–H groups in total. The summed E-state index contributed by atoms with van der Waals surface area (Å²) in [5.41, 5.74) is 0.506. The van der Waals surface area contributed by atoms with Gasteiger partial charge in [-0.1, -0.05) is 53.5 Å². The van der Waals surface area contributed by atoms with E-state index in [4.69, 9.17) is 27.9 Å². The molecule has 0 aromatic heterocycles. The maximum atomic E-state index is 13.4. The second-order valence-electron chi connectivity index (χ2n) is 6.88. The van der Waals surface area contributed by atoms with Crippen molar-refractivity contribution in [2.45, 2.75) is 13.8 Å². The van der Waals surface area contributed by atoms with Crippen molar-refractivity contribution < 1.29 is 23.9 Å². The Kier molecular flexibility index (Phi) is 7.68. The van der Waals surface area contributed by atoms with Crippen LogP contribution in [-0.4, -0.2) is 23.6 Å². The summed E-state index contributed by atoms with van der Waals surface area (Å²) in [7, 11) is 0. The molecule has 3 aromatic rings. The first kappa shape index (κ1) is 24.6. The number of halogens is 3. The van der Waals surface area contributed by atoms with E-state index in [1.807, 2.05) is 0 Å². The first-order valence-electron chi connectivity index (χ1n) is 9.52.